The highest BCUT2D eigenvalue weighted by molar-refractivity contribution is 7.47. The largest absolute Gasteiger partial charge is 0.472 e. The molecule has 0 rings (SSSR count). The van der Waals surface area contributed by atoms with Gasteiger partial charge in [0.15, 0.2) is 6.10 Å². The lowest BCUT2D eigenvalue weighted by Crippen LogP contribution is -2.37. The van der Waals surface area contributed by atoms with Crippen LogP contribution < -0.4 is 0 Å². The number of rotatable bonds is 45. The number of hydrogen-bond acceptors (Lipinski definition) is 7. The Kier molecular flexibility index (Phi) is 44.9. The average Bonchev–Trinajstić information content (AvgIpc) is 3.29. The third kappa shape index (κ3) is 51.6. The summed E-state index contributed by atoms with van der Waals surface area (Å²) in [5, 5.41) is 0. The van der Waals surface area contributed by atoms with Crippen LogP contribution in [0.4, 0.5) is 0 Å². The highest BCUT2D eigenvalue weighted by Crippen LogP contribution is 2.43. The van der Waals surface area contributed by atoms with Gasteiger partial charge < -0.3 is 18.9 Å². The van der Waals surface area contributed by atoms with Gasteiger partial charge in [0.2, 0.25) is 0 Å². The van der Waals surface area contributed by atoms with Crippen LogP contribution >= 0.6 is 7.82 Å². The summed E-state index contributed by atoms with van der Waals surface area (Å²) in [5.74, 6) is -0.845. The molecule has 0 aromatic heterocycles. The van der Waals surface area contributed by atoms with Gasteiger partial charge in [0, 0.05) is 12.8 Å². The van der Waals surface area contributed by atoms with Crippen LogP contribution in [0.5, 0.6) is 0 Å². The van der Waals surface area contributed by atoms with Crippen molar-refractivity contribution < 1.29 is 42.1 Å². The van der Waals surface area contributed by atoms with Crippen molar-refractivity contribution in [3.63, 3.8) is 0 Å². The van der Waals surface area contributed by atoms with E-state index in [9.17, 15) is 19.0 Å². The normalized spacial score (nSPS) is 14.4. The van der Waals surface area contributed by atoms with E-state index >= 15 is 0 Å². The predicted molar refractivity (Wildman–Crippen MR) is 284 cm³/mol. The molecule has 1 N–H and O–H groups in total. The summed E-state index contributed by atoms with van der Waals surface area (Å²) in [6, 6.07) is 0. The fraction of sp³-hybridized carbons (Fsp3) is 0.614. The second-order valence-electron chi connectivity index (χ2n) is 17.8. The minimum absolute atomic E-state index is 0.0195. The topological polar surface area (TPSA) is 108 Å². The first-order valence-electron chi connectivity index (χ1n) is 25.8. The van der Waals surface area contributed by atoms with E-state index in [1.54, 1.807) is 0 Å². The number of nitrogens with zero attached hydrogens (tertiary/aromatic N) is 1. The van der Waals surface area contributed by atoms with Gasteiger partial charge in [-0.15, -0.1) is 0 Å². The summed E-state index contributed by atoms with van der Waals surface area (Å²) >= 11 is 0. The first-order valence-corrected chi connectivity index (χ1v) is 27.3. The van der Waals surface area contributed by atoms with Crippen LogP contribution in [0, 0.1) is 0 Å². The molecule has 380 valence electrons. The molecule has 2 unspecified atom stereocenters. The summed E-state index contributed by atoms with van der Waals surface area (Å²) in [7, 11) is 1.44. The SMILES string of the molecule is CC/C=C\C/C=C\C/C=C\C/C=C\C/C=C\C/C=C\C/C=C\C/C=C\C/C=C\CCCCCCCC(=O)OC(COC(=O)CCCCCCC/C=C\CCC)COP(=O)(O)OCC[N+](C)(C)C. The molecule has 10 heteroatoms. The summed E-state index contributed by atoms with van der Waals surface area (Å²) in [6.45, 7) is 4.18. The third-order valence-corrected chi connectivity index (χ3v) is 11.2. The summed E-state index contributed by atoms with van der Waals surface area (Å²) < 4.78 is 34.3. The highest BCUT2D eigenvalue weighted by atomic mass is 31.2. The molecule has 67 heavy (non-hydrogen) atoms. The van der Waals surface area contributed by atoms with E-state index in [0.29, 0.717) is 17.4 Å². The van der Waals surface area contributed by atoms with Crippen molar-refractivity contribution in [3.05, 3.63) is 122 Å². The van der Waals surface area contributed by atoms with Crippen molar-refractivity contribution >= 4 is 19.8 Å². The second kappa shape index (κ2) is 47.5. The molecule has 0 amide bonds. The summed E-state index contributed by atoms with van der Waals surface area (Å²) in [5.41, 5.74) is 0. The molecule has 0 aliphatic rings. The molecule has 0 saturated heterocycles. The number of allylic oxidation sites excluding steroid dienone is 20. The number of phosphoric acid groups is 1. The Balaban J connectivity index is 4.22. The Morgan fingerprint density at radius 2 is 0.851 bits per heavy atom. The van der Waals surface area contributed by atoms with E-state index in [-0.39, 0.29) is 26.1 Å². The van der Waals surface area contributed by atoms with E-state index in [0.717, 1.165) is 135 Å². The minimum atomic E-state index is -4.39. The molecular weight excluding hydrogens is 858 g/mol. The molecular formula is C57H95NO8P+. The summed E-state index contributed by atoms with van der Waals surface area (Å²) in [4.78, 5) is 35.4. The zero-order valence-corrected chi connectivity index (χ0v) is 43.7. The van der Waals surface area contributed by atoms with Crippen LogP contribution in [0.3, 0.4) is 0 Å². The fourth-order valence-corrected chi connectivity index (χ4v) is 6.98. The van der Waals surface area contributed by atoms with E-state index in [2.05, 4.69) is 135 Å². The predicted octanol–water partition coefficient (Wildman–Crippen LogP) is 15.6. The maximum absolute atomic E-state index is 12.7. The zero-order chi connectivity index (χ0) is 49.2. The lowest BCUT2D eigenvalue weighted by Gasteiger charge is -2.24. The smallest absolute Gasteiger partial charge is 0.462 e. The lowest BCUT2D eigenvalue weighted by molar-refractivity contribution is -0.870. The third-order valence-electron chi connectivity index (χ3n) is 10.2. The van der Waals surface area contributed by atoms with Crippen molar-refractivity contribution in [2.75, 3.05) is 47.5 Å². The maximum Gasteiger partial charge on any atom is 0.472 e. The zero-order valence-electron chi connectivity index (χ0n) is 42.8. The quantitative estimate of drug-likeness (QED) is 0.0211. The highest BCUT2D eigenvalue weighted by Gasteiger charge is 2.27. The monoisotopic (exact) mass is 953 g/mol. The van der Waals surface area contributed by atoms with Crippen LogP contribution in [-0.2, 0) is 32.7 Å². The Morgan fingerprint density at radius 3 is 1.28 bits per heavy atom. The van der Waals surface area contributed by atoms with Gasteiger partial charge in [-0.25, -0.2) is 4.57 Å². The molecule has 0 aliphatic carbocycles. The van der Waals surface area contributed by atoms with Crippen LogP contribution in [-0.4, -0.2) is 74.9 Å². The van der Waals surface area contributed by atoms with Crippen molar-refractivity contribution in [3.8, 4) is 0 Å². The Labute approximate surface area is 409 Å². The molecule has 9 nitrogen and oxygen atoms in total. The number of carbonyl (C=O) groups is 2. The molecule has 0 saturated carbocycles. The molecule has 0 aromatic carbocycles. The summed E-state index contributed by atoms with van der Waals surface area (Å²) in [6.07, 6.45) is 67.0. The van der Waals surface area contributed by atoms with Crippen molar-refractivity contribution in [2.45, 2.75) is 180 Å². The molecule has 0 bridgehead atoms. The number of ether oxygens (including phenoxy) is 2. The van der Waals surface area contributed by atoms with E-state index in [4.69, 9.17) is 18.5 Å². The van der Waals surface area contributed by atoms with Gasteiger partial charge in [-0.05, 0) is 103 Å². The van der Waals surface area contributed by atoms with Crippen LogP contribution in [0.2, 0.25) is 0 Å². The number of esters is 2. The van der Waals surface area contributed by atoms with E-state index < -0.39 is 32.5 Å². The van der Waals surface area contributed by atoms with Crippen LogP contribution in [0.25, 0.3) is 0 Å². The molecule has 0 radical (unpaired) electrons. The Bertz CT molecular complexity index is 1540. The molecule has 0 spiro atoms. The van der Waals surface area contributed by atoms with Gasteiger partial charge in [0.25, 0.3) is 0 Å². The van der Waals surface area contributed by atoms with Gasteiger partial charge in [0.05, 0.1) is 27.7 Å². The first kappa shape index (κ1) is 63.4. The van der Waals surface area contributed by atoms with Crippen molar-refractivity contribution in [2.24, 2.45) is 0 Å². The lowest BCUT2D eigenvalue weighted by atomic mass is 10.1. The van der Waals surface area contributed by atoms with Gasteiger partial charge in [-0.1, -0.05) is 180 Å². The van der Waals surface area contributed by atoms with E-state index in [1.807, 2.05) is 21.1 Å². The number of likely N-dealkylation sites (N-methyl/N-ethyl adjacent to an activating group) is 1. The Morgan fingerprint density at radius 1 is 0.478 bits per heavy atom. The molecule has 2 atom stereocenters. The molecule has 0 fully saturated rings. The van der Waals surface area contributed by atoms with Crippen molar-refractivity contribution in [1.82, 2.24) is 0 Å². The van der Waals surface area contributed by atoms with E-state index in [1.165, 1.54) is 6.42 Å². The van der Waals surface area contributed by atoms with Crippen LogP contribution in [0.1, 0.15) is 174 Å². The number of hydrogen-bond donors (Lipinski definition) is 1. The average molecular weight is 953 g/mol. The van der Waals surface area contributed by atoms with Gasteiger partial charge >= 0.3 is 19.8 Å². The molecule has 0 aliphatic heterocycles. The number of quaternary nitrogens is 1. The van der Waals surface area contributed by atoms with Gasteiger partial charge in [0.1, 0.15) is 19.8 Å². The second-order valence-corrected chi connectivity index (χ2v) is 19.3. The van der Waals surface area contributed by atoms with Gasteiger partial charge in [-0.3, -0.25) is 18.6 Å². The number of phosphoric ester groups is 1. The fourth-order valence-electron chi connectivity index (χ4n) is 6.24. The number of carbonyl (C=O) groups excluding carboxylic acids is 2. The van der Waals surface area contributed by atoms with Crippen LogP contribution in [0.15, 0.2) is 122 Å². The van der Waals surface area contributed by atoms with Gasteiger partial charge in [-0.2, -0.15) is 0 Å². The maximum atomic E-state index is 12.7. The minimum Gasteiger partial charge on any atom is -0.462 e. The molecule has 0 aromatic rings. The van der Waals surface area contributed by atoms with Crippen molar-refractivity contribution in [1.29, 1.82) is 0 Å². The first-order chi connectivity index (χ1) is 32.5. The Hall–Kier alpha value is -3.59. The molecule has 0 heterocycles. The number of unbranched alkanes of at least 4 members (excludes halogenated alkanes) is 11. The standard InChI is InChI=1S/C57H94NO8P/c1-6-8-10-12-14-16-18-19-20-21-22-23-24-25-26-27-28-29-30-31-32-33-34-35-36-37-38-39-40-42-44-46-48-50-57(60)66-55(54-65-67(61,62)64-52-51-58(3,4)5)53-63-56(59)49-47-45-43-41-17-15-13-11-9-7-2/h8,10-11,13-14,16,19-20,22-23,25-26,28-29,31-32,34-35,37-38,55H,6-7,9,12,15,17-18,21,24,27,30,33,36,39-54H2,1-5H3/p+1/b10-8-,13-11-,16-14-,20-19-,23-22-,26-25-,29-28-,32-31-,35-34-,38-37-.